The summed E-state index contributed by atoms with van der Waals surface area (Å²) in [4.78, 5) is 4.44. The average molecular weight is 322 g/mol. The van der Waals surface area contributed by atoms with Crippen LogP contribution in [-0.2, 0) is 6.54 Å². The molecule has 1 aliphatic rings. The van der Waals surface area contributed by atoms with E-state index in [2.05, 4.69) is 50.5 Å². The van der Waals surface area contributed by atoms with Gasteiger partial charge in [0.25, 0.3) is 0 Å². The van der Waals surface area contributed by atoms with E-state index in [-0.39, 0.29) is 6.10 Å². The SMILES string of the molecule is OC1CNCC1CNCc1ccc(-n2cnc3ccccc32)cc1. The minimum atomic E-state index is -0.227. The molecule has 24 heavy (non-hydrogen) atoms. The van der Waals surface area contributed by atoms with Gasteiger partial charge in [-0.05, 0) is 29.8 Å². The second-order valence-electron chi connectivity index (χ2n) is 6.39. The van der Waals surface area contributed by atoms with Crippen molar-refractivity contribution in [2.45, 2.75) is 12.6 Å². The number of aliphatic hydroxyl groups excluding tert-OH is 1. The molecule has 0 bridgehead atoms. The van der Waals surface area contributed by atoms with E-state index in [0.717, 1.165) is 36.4 Å². The van der Waals surface area contributed by atoms with Gasteiger partial charge in [-0.25, -0.2) is 4.98 Å². The lowest BCUT2D eigenvalue weighted by molar-refractivity contribution is 0.146. The summed E-state index contributed by atoms with van der Waals surface area (Å²) in [7, 11) is 0. The van der Waals surface area contributed by atoms with Crippen molar-refractivity contribution in [1.29, 1.82) is 0 Å². The van der Waals surface area contributed by atoms with Crippen LogP contribution in [0.3, 0.4) is 0 Å². The number of benzene rings is 2. The molecule has 2 atom stereocenters. The van der Waals surface area contributed by atoms with Crippen molar-refractivity contribution in [3.63, 3.8) is 0 Å². The van der Waals surface area contributed by atoms with Crippen LogP contribution in [0, 0.1) is 5.92 Å². The number of rotatable bonds is 5. The summed E-state index contributed by atoms with van der Waals surface area (Å²) >= 11 is 0. The van der Waals surface area contributed by atoms with Crippen LogP contribution in [0.1, 0.15) is 5.56 Å². The Morgan fingerprint density at radius 3 is 2.75 bits per heavy atom. The van der Waals surface area contributed by atoms with E-state index in [1.54, 1.807) is 0 Å². The molecule has 0 radical (unpaired) electrons. The van der Waals surface area contributed by atoms with E-state index in [9.17, 15) is 5.11 Å². The van der Waals surface area contributed by atoms with Crippen molar-refractivity contribution in [1.82, 2.24) is 20.2 Å². The maximum atomic E-state index is 9.80. The van der Waals surface area contributed by atoms with Gasteiger partial charge in [-0.1, -0.05) is 24.3 Å². The van der Waals surface area contributed by atoms with Crippen molar-refractivity contribution in [3.8, 4) is 5.69 Å². The van der Waals surface area contributed by atoms with Gasteiger partial charge < -0.3 is 15.7 Å². The predicted octanol–water partition coefficient (Wildman–Crippen LogP) is 1.70. The van der Waals surface area contributed by atoms with E-state index in [1.165, 1.54) is 5.56 Å². The van der Waals surface area contributed by atoms with Crippen LogP contribution in [0.2, 0.25) is 0 Å². The number of aliphatic hydroxyl groups is 1. The summed E-state index contributed by atoms with van der Waals surface area (Å²) in [5.74, 6) is 0.307. The monoisotopic (exact) mass is 322 g/mol. The molecule has 124 valence electrons. The third kappa shape index (κ3) is 3.06. The van der Waals surface area contributed by atoms with E-state index in [4.69, 9.17) is 0 Å². The van der Waals surface area contributed by atoms with Gasteiger partial charge in [0.15, 0.2) is 0 Å². The molecule has 4 rings (SSSR count). The van der Waals surface area contributed by atoms with Crippen LogP contribution in [-0.4, -0.2) is 40.4 Å². The first-order valence-electron chi connectivity index (χ1n) is 8.42. The smallest absolute Gasteiger partial charge is 0.100 e. The van der Waals surface area contributed by atoms with Gasteiger partial charge >= 0.3 is 0 Å². The minimum absolute atomic E-state index is 0.227. The van der Waals surface area contributed by atoms with Gasteiger partial charge in [0.05, 0.1) is 17.1 Å². The number of aromatic nitrogens is 2. The Bertz CT molecular complexity index is 812. The zero-order chi connectivity index (χ0) is 16.4. The number of para-hydroxylation sites is 2. The van der Waals surface area contributed by atoms with Gasteiger partial charge in [0.2, 0.25) is 0 Å². The topological polar surface area (TPSA) is 62.1 Å². The molecular formula is C19H22N4O. The highest BCUT2D eigenvalue weighted by Crippen LogP contribution is 2.18. The molecule has 3 aromatic rings. The van der Waals surface area contributed by atoms with Crippen LogP contribution >= 0.6 is 0 Å². The van der Waals surface area contributed by atoms with Crippen molar-refractivity contribution in [3.05, 3.63) is 60.4 Å². The molecule has 0 amide bonds. The molecule has 5 heteroatoms. The zero-order valence-corrected chi connectivity index (χ0v) is 13.5. The number of β-amino-alcohol motifs (C(OH)–C–C–N with tert-alkyl or cyclic N) is 1. The summed E-state index contributed by atoms with van der Waals surface area (Å²) in [5.41, 5.74) is 4.48. The second-order valence-corrected chi connectivity index (χ2v) is 6.39. The summed E-state index contributed by atoms with van der Waals surface area (Å²) in [6, 6.07) is 16.7. The van der Waals surface area contributed by atoms with Gasteiger partial charge in [-0.2, -0.15) is 0 Å². The lowest BCUT2D eigenvalue weighted by Gasteiger charge is -2.14. The first kappa shape index (κ1) is 15.3. The lowest BCUT2D eigenvalue weighted by Crippen LogP contribution is -2.30. The summed E-state index contributed by atoms with van der Waals surface area (Å²) < 4.78 is 2.10. The molecule has 2 unspecified atom stereocenters. The first-order valence-corrected chi connectivity index (χ1v) is 8.42. The van der Waals surface area contributed by atoms with Gasteiger partial charge in [0, 0.05) is 37.8 Å². The van der Waals surface area contributed by atoms with E-state index in [1.807, 2.05) is 24.5 Å². The Morgan fingerprint density at radius 2 is 1.96 bits per heavy atom. The van der Waals surface area contributed by atoms with Crippen LogP contribution in [0.4, 0.5) is 0 Å². The number of nitrogens with zero attached hydrogens (tertiary/aromatic N) is 2. The van der Waals surface area contributed by atoms with Crippen molar-refractivity contribution in [2.24, 2.45) is 5.92 Å². The molecular weight excluding hydrogens is 300 g/mol. The normalized spacial score (nSPS) is 20.7. The molecule has 5 nitrogen and oxygen atoms in total. The fourth-order valence-corrected chi connectivity index (χ4v) is 3.27. The van der Waals surface area contributed by atoms with Crippen LogP contribution < -0.4 is 10.6 Å². The highest BCUT2D eigenvalue weighted by molar-refractivity contribution is 5.77. The zero-order valence-electron chi connectivity index (χ0n) is 13.5. The predicted molar refractivity (Wildman–Crippen MR) is 95.1 cm³/mol. The number of nitrogens with one attached hydrogen (secondary N) is 2. The summed E-state index contributed by atoms with van der Waals surface area (Å²) in [5, 5.41) is 16.5. The Hall–Kier alpha value is -2.21. The number of hydrogen-bond donors (Lipinski definition) is 3. The molecule has 3 N–H and O–H groups in total. The van der Waals surface area contributed by atoms with Crippen LogP contribution in [0.5, 0.6) is 0 Å². The summed E-state index contributed by atoms with van der Waals surface area (Å²) in [6.45, 7) is 3.25. The summed E-state index contributed by atoms with van der Waals surface area (Å²) in [6.07, 6.45) is 1.64. The maximum absolute atomic E-state index is 9.80. The lowest BCUT2D eigenvalue weighted by atomic mass is 10.1. The van der Waals surface area contributed by atoms with E-state index < -0.39 is 0 Å². The largest absolute Gasteiger partial charge is 0.391 e. The van der Waals surface area contributed by atoms with Crippen LogP contribution in [0.15, 0.2) is 54.9 Å². The molecule has 0 spiro atoms. The maximum Gasteiger partial charge on any atom is 0.100 e. The van der Waals surface area contributed by atoms with Gasteiger partial charge in [-0.15, -0.1) is 0 Å². The Balaban J connectivity index is 1.41. The molecule has 1 fully saturated rings. The van der Waals surface area contributed by atoms with E-state index in [0.29, 0.717) is 12.5 Å². The number of fused-ring (bicyclic) bond motifs is 1. The number of hydrogen-bond acceptors (Lipinski definition) is 4. The Kier molecular flexibility index (Phi) is 4.30. The van der Waals surface area contributed by atoms with Gasteiger partial charge in [0.1, 0.15) is 6.33 Å². The highest BCUT2D eigenvalue weighted by atomic mass is 16.3. The van der Waals surface area contributed by atoms with Crippen molar-refractivity contribution >= 4 is 11.0 Å². The van der Waals surface area contributed by atoms with Crippen LogP contribution in [0.25, 0.3) is 16.7 Å². The highest BCUT2D eigenvalue weighted by Gasteiger charge is 2.23. The minimum Gasteiger partial charge on any atom is -0.391 e. The fourth-order valence-electron chi connectivity index (χ4n) is 3.27. The Labute approximate surface area is 141 Å². The second kappa shape index (κ2) is 6.73. The third-order valence-electron chi connectivity index (χ3n) is 4.71. The standard InChI is InChI=1S/C19H22N4O/c24-19-12-21-11-15(19)10-20-9-14-5-7-16(8-6-14)23-13-22-17-3-1-2-4-18(17)23/h1-8,13,15,19-21,24H,9-12H2. The average Bonchev–Trinajstić information content (AvgIpc) is 3.22. The quantitative estimate of drug-likeness (QED) is 0.669. The third-order valence-corrected chi connectivity index (χ3v) is 4.71. The van der Waals surface area contributed by atoms with Gasteiger partial charge in [-0.3, -0.25) is 4.57 Å². The van der Waals surface area contributed by atoms with E-state index >= 15 is 0 Å². The molecule has 1 saturated heterocycles. The molecule has 1 aliphatic heterocycles. The van der Waals surface area contributed by atoms with Crippen molar-refractivity contribution < 1.29 is 5.11 Å². The Morgan fingerprint density at radius 1 is 1.12 bits per heavy atom. The molecule has 1 aromatic heterocycles. The van der Waals surface area contributed by atoms with Crippen molar-refractivity contribution in [2.75, 3.05) is 19.6 Å². The first-order chi connectivity index (χ1) is 11.8. The molecule has 0 aliphatic carbocycles. The number of imidazole rings is 1. The molecule has 2 aromatic carbocycles. The fraction of sp³-hybridized carbons (Fsp3) is 0.316. The molecule has 0 saturated carbocycles. The molecule has 2 heterocycles.